The molecule has 0 aliphatic rings. The topological polar surface area (TPSA) is 55.0 Å². The van der Waals surface area contributed by atoms with E-state index in [2.05, 4.69) is 35.6 Å². The summed E-state index contributed by atoms with van der Waals surface area (Å²) in [6.07, 6.45) is 0. The number of rotatable bonds is 3. The van der Waals surface area contributed by atoms with Gasteiger partial charge in [-0.2, -0.15) is 0 Å². The Bertz CT molecular complexity index is 603. The van der Waals surface area contributed by atoms with Crippen molar-refractivity contribution in [2.75, 3.05) is 17.7 Å². The minimum atomic E-state index is -0.128. The van der Waals surface area contributed by atoms with Gasteiger partial charge in [0.2, 0.25) is 0 Å². The molecule has 0 atom stereocenters. The van der Waals surface area contributed by atoms with Crippen molar-refractivity contribution in [3.8, 4) is 0 Å². The normalized spacial score (nSPS) is 11.7. The molecule has 2 heterocycles. The Morgan fingerprint density at radius 2 is 2.00 bits per heavy atom. The molecule has 0 saturated heterocycles. The quantitative estimate of drug-likeness (QED) is 0.939. The van der Waals surface area contributed by atoms with Gasteiger partial charge in [-0.15, -0.1) is 11.3 Å². The highest BCUT2D eigenvalue weighted by Crippen LogP contribution is 2.26. The molecule has 0 spiro atoms. The summed E-state index contributed by atoms with van der Waals surface area (Å²) in [6.45, 7) is 6.97. The summed E-state index contributed by atoms with van der Waals surface area (Å²) in [7, 11) is 1.99. The minimum Gasteiger partial charge on any atom is -0.384 e. The smallest absolute Gasteiger partial charge is 0.138 e. The van der Waals surface area contributed by atoms with Crippen LogP contribution < -0.4 is 10.6 Å². The molecule has 2 rings (SSSR count). The van der Waals surface area contributed by atoms with Gasteiger partial charge in [0, 0.05) is 23.4 Å². The average molecular weight is 311 g/mol. The highest BCUT2D eigenvalue weighted by atomic mass is 35.5. The van der Waals surface area contributed by atoms with Crippen LogP contribution in [0.5, 0.6) is 0 Å². The van der Waals surface area contributed by atoms with Crippen molar-refractivity contribution in [2.45, 2.75) is 32.7 Å². The Hall–Kier alpha value is -1.33. The number of nitrogens with two attached hydrogens (primary N) is 1. The van der Waals surface area contributed by atoms with Gasteiger partial charge in [-0.3, -0.25) is 0 Å². The molecule has 4 nitrogen and oxygen atoms in total. The van der Waals surface area contributed by atoms with E-state index >= 15 is 0 Å². The van der Waals surface area contributed by atoms with Crippen molar-refractivity contribution >= 4 is 34.6 Å². The zero-order chi connectivity index (χ0) is 14.9. The lowest BCUT2D eigenvalue weighted by Gasteiger charge is -2.22. The van der Waals surface area contributed by atoms with Crippen LogP contribution in [0.15, 0.2) is 18.2 Å². The predicted molar refractivity (Wildman–Crippen MR) is 86.6 cm³/mol. The number of hydrogen-bond acceptors (Lipinski definition) is 5. The molecule has 0 unspecified atom stereocenters. The minimum absolute atomic E-state index is 0.128. The standard InChI is InChI=1S/C14H19ClN4S/c1-14(2,3)13-17-11(16)7-12(18-13)19(4)8-9-5-6-10(15)20-9/h5-7H,8H2,1-4H3,(H2,16,17,18). The van der Waals surface area contributed by atoms with Crippen molar-refractivity contribution in [1.82, 2.24) is 9.97 Å². The Morgan fingerprint density at radius 1 is 1.30 bits per heavy atom. The molecule has 108 valence electrons. The van der Waals surface area contributed by atoms with Crippen LogP contribution in [0.3, 0.4) is 0 Å². The molecule has 2 aromatic heterocycles. The zero-order valence-corrected chi connectivity index (χ0v) is 13.7. The lowest BCUT2D eigenvalue weighted by Crippen LogP contribution is -2.22. The molecule has 20 heavy (non-hydrogen) atoms. The monoisotopic (exact) mass is 310 g/mol. The summed E-state index contributed by atoms with van der Waals surface area (Å²) in [4.78, 5) is 12.2. The number of nitrogen functional groups attached to an aromatic ring is 1. The van der Waals surface area contributed by atoms with Gasteiger partial charge < -0.3 is 10.6 Å². The maximum absolute atomic E-state index is 5.95. The SMILES string of the molecule is CN(Cc1ccc(Cl)s1)c1cc(N)nc(C(C)(C)C)n1. The first kappa shape index (κ1) is 15.1. The van der Waals surface area contributed by atoms with E-state index in [9.17, 15) is 0 Å². The van der Waals surface area contributed by atoms with E-state index in [0.717, 1.165) is 22.5 Å². The molecule has 0 radical (unpaired) electrons. The third-order valence-electron chi connectivity index (χ3n) is 2.82. The Morgan fingerprint density at radius 3 is 2.55 bits per heavy atom. The van der Waals surface area contributed by atoms with Crippen LogP contribution in [0, 0.1) is 0 Å². The fraction of sp³-hybridized carbons (Fsp3) is 0.429. The van der Waals surface area contributed by atoms with Crippen LogP contribution >= 0.6 is 22.9 Å². The summed E-state index contributed by atoms with van der Waals surface area (Å²) in [5.41, 5.74) is 5.77. The van der Waals surface area contributed by atoms with Gasteiger partial charge in [0.15, 0.2) is 0 Å². The third kappa shape index (κ3) is 3.61. The van der Waals surface area contributed by atoms with Crippen molar-refractivity contribution in [3.63, 3.8) is 0 Å². The lowest BCUT2D eigenvalue weighted by atomic mass is 9.96. The van der Waals surface area contributed by atoms with E-state index < -0.39 is 0 Å². The van der Waals surface area contributed by atoms with Gasteiger partial charge in [-0.1, -0.05) is 32.4 Å². The molecule has 2 aromatic rings. The number of anilines is 2. The first-order chi connectivity index (χ1) is 9.25. The third-order valence-corrected chi connectivity index (χ3v) is 4.03. The summed E-state index contributed by atoms with van der Waals surface area (Å²) >= 11 is 7.53. The fourth-order valence-corrected chi connectivity index (χ4v) is 2.88. The van der Waals surface area contributed by atoms with Gasteiger partial charge in [0.1, 0.15) is 17.5 Å². The van der Waals surface area contributed by atoms with E-state index in [1.807, 2.05) is 19.2 Å². The molecule has 0 saturated carbocycles. The maximum Gasteiger partial charge on any atom is 0.138 e. The van der Waals surface area contributed by atoms with Crippen LogP contribution in [0.2, 0.25) is 4.34 Å². The molecule has 0 aliphatic carbocycles. The summed E-state index contributed by atoms with van der Waals surface area (Å²) < 4.78 is 0.797. The number of nitrogens with zero attached hydrogens (tertiary/aromatic N) is 3. The van der Waals surface area contributed by atoms with Crippen molar-refractivity contribution < 1.29 is 0 Å². The van der Waals surface area contributed by atoms with Crippen LogP contribution in [0.1, 0.15) is 31.5 Å². The second kappa shape index (κ2) is 5.58. The molecule has 0 bridgehead atoms. The average Bonchev–Trinajstić information content (AvgIpc) is 2.72. The molecule has 0 aliphatic heterocycles. The van der Waals surface area contributed by atoms with Crippen molar-refractivity contribution in [1.29, 1.82) is 0 Å². The van der Waals surface area contributed by atoms with E-state index in [1.54, 1.807) is 17.4 Å². The zero-order valence-electron chi connectivity index (χ0n) is 12.1. The summed E-state index contributed by atoms with van der Waals surface area (Å²) in [5.74, 6) is 2.08. The van der Waals surface area contributed by atoms with Gasteiger partial charge in [0.05, 0.1) is 10.9 Å². The predicted octanol–water partition coefficient (Wildman–Crippen LogP) is 3.71. The van der Waals surface area contributed by atoms with Gasteiger partial charge in [0.25, 0.3) is 0 Å². The molecule has 2 N–H and O–H groups in total. The molecular formula is C14H19ClN4S. The highest BCUT2D eigenvalue weighted by Gasteiger charge is 2.19. The molecular weight excluding hydrogens is 292 g/mol. The van der Waals surface area contributed by atoms with Gasteiger partial charge in [-0.05, 0) is 12.1 Å². The molecule has 0 amide bonds. The van der Waals surface area contributed by atoms with Crippen molar-refractivity contribution in [3.05, 3.63) is 33.2 Å². The van der Waals surface area contributed by atoms with Crippen LogP contribution in [0.25, 0.3) is 0 Å². The molecule has 0 fully saturated rings. The lowest BCUT2D eigenvalue weighted by molar-refractivity contribution is 0.545. The van der Waals surface area contributed by atoms with E-state index in [4.69, 9.17) is 17.3 Å². The first-order valence-corrected chi connectivity index (χ1v) is 7.55. The number of hydrogen-bond donors (Lipinski definition) is 1. The van der Waals surface area contributed by atoms with Crippen molar-refractivity contribution in [2.24, 2.45) is 0 Å². The van der Waals surface area contributed by atoms with Crippen LogP contribution in [-0.2, 0) is 12.0 Å². The summed E-state index contributed by atoms with van der Waals surface area (Å²) in [6, 6.07) is 5.73. The number of aromatic nitrogens is 2. The highest BCUT2D eigenvalue weighted by molar-refractivity contribution is 7.16. The van der Waals surface area contributed by atoms with E-state index in [0.29, 0.717) is 5.82 Å². The largest absolute Gasteiger partial charge is 0.384 e. The molecule has 6 heteroatoms. The Balaban J connectivity index is 2.25. The van der Waals surface area contributed by atoms with Crippen LogP contribution in [0.4, 0.5) is 11.6 Å². The van der Waals surface area contributed by atoms with Crippen LogP contribution in [-0.4, -0.2) is 17.0 Å². The first-order valence-electron chi connectivity index (χ1n) is 6.36. The van der Waals surface area contributed by atoms with Gasteiger partial charge >= 0.3 is 0 Å². The number of halogens is 1. The molecule has 0 aromatic carbocycles. The Labute approximate surface area is 128 Å². The fourth-order valence-electron chi connectivity index (χ4n) is 1.74. The Kier molecular flexibility index (Phi) is 4.20. The van der Waals surface area contributed by atoms with E-state index in [1.165, 1.54) is 4.88 Å². The number of thiophene rings is 1. The maximum atomic E-state index is 5.95. The van der Waals surface area contributed by atoms with Gasteiger partial charge in [-0.25, -0.2) is 9.97 Å². The second-order valence-corrected chi connectivity index (χ2v) is 7.59. The van der Waals surface area contributed by atoms with E-state index in [-0.39, 0.29) is 5.41 Å². The summed E-state index contributed by atoms with van der Waals surface area (Å²) in [5, 5.41) is 0. The second-order valence-electron chi connectivity index (χ2n) is 5.79.